The molecule has 2 saturated heterocycles. The molecule has 0 spiro atoms. The summed E-state index contributed by atoms with van der Waals surface area (Å²) >= 11 is 0. The first kappa shape index (κ1) is 9.40. The van der Waals surface area contributed by atoms with Crippen LogP contribution in [0.4, 0.5) is 0 Å². The highest BCUT2D eigenvalue weighted by Crippen LogP contribution is 2.28. The summed E-state index contributed by atoms with van der Waals surface area (Å²) in [5.74, 6) is 0.729. The summed E-state index contributed by atoms with van der Waals surface area (Å²) in [5.41, 5.74) is 6.45. The van der Waals surface area contributed by atoms with E-state index in [2.05, 4.69) is 42.0 Å². The Balaban J connectivity index is 2.10. The molecule has 0 radical (unpaired) electrons. The van der Waals surface area contributed by atoms with E-state index in [1.54, 1.807) is 0 Å². The van der Waals surface area contributed by atoms with Gasteiger partial charge in [0, 0.05) is 13.1 Å². The lowest BCUT2D eigenvalue weighted by atomic mass is 9.93. The van der Waals surface area contributed by atoms with Crippen LogP contribution in [0.1, 0.15) is 33.1 Å². The van der Waals surface area contributed by atoms with Gasteiger partial charge in [0.25, 0.3) is 0 Å². The van der Waals surface area contributed by atoms with Crippen LogP contribution in [0.3, 0.4) is 0 Å². The summed E-state index contributed by atoms with van der Waals surface area (Å²) in [6, 6.07) is 0.686. The van der Waals surface area contributed by atoms with Crippen molar-refractivity contribution in [2.75, 3.05) is 7.05 Å². The molecule has 2 heterocycles. The summed E-state index contributed by atoms with van der Waals surface area (Å²) in [5, 5.41) is 4.53. The molecular weight excluding hydrogens is 164 g/mol. The van der Waals surface area contributed by atoms with Crippen molar-refractivity contribution in [3.05, 3.63) is 0 Å². The Morgan fingerprint density at radius 2 is 2.08 bits per heavy atom. The summed E-state index contributed by atoms with van der Waals surface area (Å²) in [4.78, 5) is 0. The molecule has 2 unspecified atom stereocenters. The molecule has 0 aromatic rings. The first-order valence-electron chi connectivity index (χ1n) is 5.23. The Labute approximate surface area is 80.2 Å². The van der Waals surface area contributed by atoms with Gasteiger partial charge < -0.3 is 0 Å². The Morgan fingerprint density at radius 1 is 1.31 bits per heavy atom. The van der Waals surface area contributed by atoms with Crippen LogP contribution in [0.5, 0.6) is 0 Å². The first-order valence-corrected chi connectivity index (χ1v) is 5.23. The van der Waals surface area contributed by atoms with Gasteiger partial charge in [0.05, 0.1) is 6.17 Å². The predicted molar refractivity (Wildman–Crippen MR) is 52.1 cm³/mol. The van der Waals surface area contributed by atoms with Crippen molar-refractivity contribution < 1.29 is 0 Å². The van der Waals surface area contributed by atoms with Crippen molar-refractivity contribution in [1.82, 2.24) is 21.1 Å². The van der Waals surface area contributed by atoms with Gasteiger partial charge >= 0.3 is 0 Å². The van der Waals surface area contributed by atoms with Gasteiger partial charge in [0.2, 0.25) is 0 Å². The Hall–Kier alpha value is -0.160. The fourth-order valence-electron chi connectivity index (χ4n) is 2.45. The standard InChI is InChI=1S/C9H20N4/c1-7(2)8-5-4-6-9-10-11-12(3)13(8)9/h7-11H,4-6H2,1-3H3. The van der Waals surface area contributed by atoms with Crippen molar-refractivity contribution in [2.24, 2.45) is 5.92 Å². The molecular formula is C9H20N4. The van der Waals surface area contributed by atoms with Gasteiger partial charge in [-0.1, -0.05) is 13.8 Å². The number of piperidine rings is 1. The van der Waals surface area contributed by atoms with Crippen LogP contribution in [0, 0.1) is 5.92 Å². The molecule has 0 aromatic heterocycles. The second-order valence-electron chi connectivity index (χ2n) is 4.42. The third kappa shape index (κ3) is 1.59. The second-order valence-corrected chi connectivity index (χ2v) is 4.42. The quantitative estimate of drug-likeness (QED) is 0.628. The lowest BCUT2D eigenvalue weighted by molar-refractivity contribution is -0.0821. The van der Waals surface area contributed by atoms with Crippen molar-refractivity contribution in [3.63, 3.8) is 0 Å². The largest absolute Gasteiger partial charge is 0.224 e. The Bertz CT molecular complexity index is 180. The van der Waals surface area contributed by atoms with E-state index in [9.17, 15) is 0 Å². The molecule has 0 amide bonds. The lowest BCUT2D eigenvalue weighted by Crippen LogP contribution is -2.52. The maximum absolute atomic E-state index is 3.30. The zero-order valence-electron chi connectivity index (χ0n) is 8.75. The van der Waals surface area contributed by atoms with Gasteiger partial charge in [0.1, 0.15) is 0 Å². The van der Waals surface area contributed by atoms with E-state index in [1.165, 1.54) is 19.3 Å². The highest BCUT2D eigenvalue weighted by molar-refractivity contribution is 4.84. The third-order valence-electron chi connectivity index (χ3n) is 3.15. The maximum atomic E-state index is 3.30. The van der Waals surface area contributed by atoms with Crippen LogP contribution in [-0.2, 0) is 0 Å². The summed E-state index contributed by atoms with van der Waals surface area (Å²) in [6.07, 6.45) is 4.42. The monoisotopic (exact) mass is 184 g/mol. The molecule has 13 heavy (non-hydrogen) atoms. The fraction of sp³-hybridized carbons (Fsp3) is 1.00. The van der Waals surface area contributed by atoms with Gasteiger partial charge in [-0.15, -0.1) is 0 Å². The number of nitrogens with zero attached hydrogens (tertiary/aromatic N) is 2. The summed E-state index contributed by atoms with van der Waals surface area (Å²) < 4.78 is 0. The molecule has 2 N–H and O–H groups in total. The second kappa shape index (κ2) is 3.53. The van der Waals surface area contributed by atoms with Crippen LogP contribution in [-0.4, -0.2) is 29.4 Å². The predicted octanol–water partition coefficient (Wildman–Crippen LogP) is 0.693. The molecule has 4 nitrogen and oxygen atoms in total. The minimum atomic E-state index is 0.506. The summed E-state index contributed by atoms with van der Waals surface area (Å²) in [7, 11) is 2.08. The molecule has 2 fully saturated rings. The maximum Gasteiger partial charge on any atom is 0.0893 e. The molecule has 0 saturated carbocycles. The molecule has 2 aliphatic heterocycles. The van der Waals surface area contributed by atoms with Gasteiger partial charge in [0.15, 0.2) is 0 Å². The molecule has 76 valence electrons. The van der Waals surface area contributed by atoms with Gasteiger partial charge in [-0.3, -0.25) is 0 Å². The highest BCUT2D eigenvalue weighted by atomic mass is 16.0. The minimum absolute atomic E-state index is 0.506. The number of hydrazine groups is 3. The van der Waals surface area contributed by atoms with Crippen molar-refractivity contribution >= 4 is 0 Å². The first-order chi connectivity index (χ1) is 6.20. The lowest BCUT2D eigenvalue weighted by Gasteiger charge is -2.40. The Kier molecular flexibility index (Phi) is 2.55. The number of hydrogen-bond donors (Lipinski definition) is 2. The average molecular weight is 184 g/mol. The molecule has 0 aromatic carbocycles. The van der Waals surface area contributed by atoms with Gasteiger partial charge in [-0.2, -0.15) is 10.7 Å². The fourth-order valence-corrected chi connectivity index (χ4v) is 2.45. The molecule has 4 heteroatoms. The molecule has 0 bridgehead atoms. The van der Waals surface area contributed by atoms with Crippen molar-refractivity contribution in [2.45, 2.75) is 45.3 Å². The van der Waals surface area contributed by atoms with Gasteiger partial charge in [-0.05, 0) is 25.2 Å². The van der Waals surface area contributed by atoms with Crippen molar-refractivity contribution in [3.8, 4) is 0 Å². The molecule has 0 aliphatic carbocycles. The van der Waals surface area contributed by atoms with Crippen molar-refractivity contribution in [1.29, 1.82) is 0 Å². The van der Waals surface area contributed by atoms with E-state index in [0.717, 1.165) is 5.92 Å². The number of hydrogen-bond acceptors (Lipinski definition) is 4. The van der Waals surface area contributed by atoms with Crippen LogP contribution in [0.15, 0.2) is 0 Å². The van der Waals surface area contributed by atoms with Gasteiger partial charge in [-0.25, -0.2) is 10.4 Å². The van der Waals surface area contributed by atoms with E-state index in [1.807, 2.05) is 0 Å². The van der Waals surface area contributed by atoms with Crippen LogP contribution in [0.2, 0.25) is 0 Å². The van der Waals surface area contributed by atoms with E-state index >= 15 is 0 Å². The average Bonchev–Trinajstić information content (AvgIpc) is 2.48. The number of nitrogens with one attached hydrogen (secondary N) is 2. The zero-order chi connectivity index (χ0) is 9.42. The minimum Gasteiger partial charge on any atom is -0.224 e. The van der Waals surface area contributed by atoms with Crippen LogP contribution >= 0.6 is 0 Å². The van der Waals surface area contributed by atoms with Crippen LogP contribution < -0.4 is 11.0 Å². The molecule has 2 atom stereocenters. The zero-order valence-corrected chi connectivity index (χ0v) is 8.75. The smallest absolute Gasteiger partial charge is 0.0893 e. The van der Waals surface area contributed by atoms with E-state index in [0.29, 0.717) is 12.2 Å². The molecule has 2 rings (SSSR count). The van der Waals surface area contributed by atoms with E-state index < -0.39 is 0 Å². The normalized spacial score (nSPS) is 36.9. The van der Waals surface area contributed by atoms with Crippen LogP contribution in [0.25, 0.3) is 0 Å². The number of rotatable bonds is 1. The Morgan fingerprint density at radius 3 is 2.77 bits per heavy atom. The SMILES string of the molecule is CC(C)C1CCCC2NNN(C)N21. The third-order valence-corrected chi connectivity index (χ3v) is 3.15. The topological polar surface area (TPSA) is 30.5 Å². The molecule has 2 aliphatic rings. The summed E-state index contributed by atoms with van der Waals surface area (Å²) in [6.45, 7) is 4.61. The number of fused-ring (bicyclic) bond motifs is 1. The highest BCUT2D eigenvalue weighted by Gasteiger charge is 2.38. The van der Waals surface area contributed by atoms with E-state index in [-0.39, 0.29) is 0 Å². The van der Waals surface area contributed by atoms with E-state index in [4.69, 9.17) is 0 Å².